The fraction of sp³-hybridized carbons (Fsp3) is 1.00. The lowest BCUT2D eigenvalue weighted by atomic mass is 9.95. The molecule has 0 saturated heterocycles. The minimum Gasteiger partial charge on any atom is -0.381 e. The van der Waals surface area contributed by atoms with Crippen LogP contribution in [0.15, 0.2) is 0 Å². The summed E-state index contributed by atoms with van der Waals surface area (Å²) >= 11 is 0. The van der Waals surface area contributed by atoms with E-state index in [4.69, 9.17) is 9.47 Å². The molecule has 2 heteroatoms. The van der Waals surface area contributed by atoms with Crippen molar-refractivity contribution in [2.75, 3.05) is 7.11 Å². The van der Waals surface area contributed by atoms with Crippen molar-refractivity contribution < 1.29 is 9.47 Å². The van der Waals surface area contributed by atoms with E-state index < -0.39 is 0 Å². The zero-order chi connectivity index (χ0) is 8.97. The van der Waals surface area contributed by atoms with Crippen LogP contribution in [-0.4, -0.2) is 25.4 Å². The average Bonchev–Trinajstić information content (AvgIpc) is 2.05. The molecule has 0 N–H and O–H groups in total. The first kappa shape index (κ1) is 10.0. The Balaban J connectivity index is 2.17. The first-order valence-electron chi connectivity index (χ1n) is 4.90. The smallest absolute Gasteiger partial charge is 0.0580 e. The average molecular weight is 172 g/mol. The van der Waals surface area contributed by atoms with E-state index in [0.29, 0.717) is 18.3 Å². The van der Waals surface area contributed by atoms with Crippen molar-refractivity contribution >= 4 is 0 Å². The van der Waals surface area contributed by atoms with Gasteiger partial charge in [-0.1, -0.05) is 0 Å². The lowest BCUT2D eigenvalue weighted by Gasteiger charge is -2.28. The molecule has 0 heterocycles. The van der Waals surface area contributed by atoms with Crippen molar-refractivity contribution in [3.63, 3.8) is 0 Å². The van der Waals surface area contributed by atoms with Gasteiger partial charge in [-0.15, -0.1) is 0 Å². The van der Waals surface area contributed by atoms with Crippen LogP contribution in [0.4, 0.5) is 0 Å². The van der Waals surface area contributed by atoms with Crippen LogP contribution >= 0.6 is 0 Å². The summed E-state index contributed by atoms with van der Waals surface area (Å²) in [5, 5.41) is 0. The van der Waals surface area contributed by atoms with Crippen LogP contribution in [0, 0.1) is 0 Å². The molecule has 0 amide bonds. The highest BCUT2D eigenvalue weighted by atomic mass is 16.5. The van der Waals surface area contributed by atoms with Gasteiger partial charge in [-0.2, -0.15) is 0 Å². The molecule has 12 heavy (non-hydrogen) atoms. The predicted molar refractivity (Wildman–Crippen MR) is 49.3 cm³/mol. The number of hydrogen-bond acceptors (Lipinski definition) is 2. The third-order valence-electron chi connectivity index (χ3n) is 2.42. The van der Waals surface area contributed by atoms with Gasteiger partial charge in [0.2, 0.25) is 0 Å². The lowest BCUT2D eigenvalue weighted by Crippen LogP contribution is -2.27. The third-order valence-corrected chi connectivity index (χ3v) is 2.42. The molecule has 1 rings (SSSR count). The van der Waals surface area contributed by atoms with E-state index in [0.717, 1.165) is 25.7 Å². The van der Waals surface area contributed by atoms with Crippen molar-refractivity contribution in [3.05, 3.63) is 0 Å². The van der Waals surface area contributed by atoms with Crippen molar-refractivity contribution in [3.8, 4) is 0 Å². The van der Waals surface area contributed by atoms with Gasteiger partial charge < -0.3 is 9.47 Å². The molecule has 1 aliphatic rings. The van der Waals surface area contributed by atoms with E-state index in [2.05, 4.69) is 13.8 Å². The number of hydrogen-bond donors (Lipinski definition) is 0. The summed E-state index contributed by atoms with van der Waals surface area (Å²) in [6, 6.07) is 0. The van der Waals surface area contributed by atoms with Gasteiger partial charge in [0.25, 0.3) is 0 Å². The fourth-order valence-electron chi connectivity index (χ4n) is 1.79. The van der Waals surface area contributed by atoms with Crippen LogP contribution in [0.2, 0.25) is 0 Å². The number of methoxy groups -OCH3 is 1. The first-order chi connectivity index (χ1) is 5.72. The molecule has 0 atom stereocenters. The predicted octanol–water partition coefficient (Wildman–Crippen LogP) is 2.37. The summed E-state index contributed by atoms with van der Waals surface area (Å²) in [7, 11) is 1.80. The van der Waals surface area contributed by atoms with E-state index in [9.17, 15) is 0 Å². The standard InChI is InChI=1S/C10H20O2/c1-8(2)12-10-6-4-9(11-3)5-7-10/h8-10H,4-7H2,1-3H3. The summed E-state index contributed by atoms with van der Waals surface area (Å²) in [4.78, 5) is 0. The highest BCUT2D eigenvalue weighted by molar-refractivity contribution is 4.73. The Morgan fingerprint density at radius 3 is 1.92 bits per heavy atom. The van der Waals surface area contributed by atoms with Gasteiger partial charge in [0.1, 0.15) is 0 Å². The van der Waals surface area contributed by atoms with Crippen molar-refractivity contribution in [2.45, 2.75) is 57.8 Å². The topological polar surface area (TPSA) is 18.5 Å². The van der Waals surface area contributed by atoms with Gasteiger partial charge in [0.15, 0.2) is 0 Å². The van der Waals surface area contributed by atoms with Gasteiger partial charge in [0, 0.05) is 7.11 Å². The van der Waals surface area contributed by atoms with Gasteiger partial charge in [-0.05, 0) is 39.5 Å². The maximum atomic E-state index is 5.73. The number of rotatable bonds is 3. The Hall–Kier alpha value is -0.0800. The molecular weight excluding hydrogens is 152 g/mol. The largest absolute Gasteiger partial charge is 0.381 e. The second-order valence-electron chi connectivity index (χ2n) is 3.82. The van der Waals surface area contributed by atoms with Gasteiger partial charge >= 0.3 is 0 Å². The monoisotopic (exact) mass is 172 g/mol. The summed E-state index contributed by atoms with van der Waals surface area (Å²) < 4.78 is 11.0. The number of ether oxygens (including phenoxy) is 2. The zero-order valence-corrected chi connectivity index (χ0v) is 8.38. The van der Waals surface area contributed by atoms with E-state index in [1.54, 1.807) is 7.11 Å². The Kier molecular flexibility index (Phi) is 4.02. The van der Waals surface area contributed by atoms with Crippen molar-refractivity contribution in [1.82, 2.24) is 0 Å². The van der Waals surface area contributed by atoms with Crippen LogP contribution < -0.4 is 0 Å². The molecule has 0 aromatic carbocycles. The van der Waals surface area contributed by atoms with E-state index in [1.165, 1.54) is 0 Å². The molecule has 2 nitrogen and oxygen atoms in total. The maximum Gasteiger partial charge on any atom is 0.0580 e. The third kappa shape index (κ3) is 3.11. The van der Waals surface area contributed by atoms with Crippen molar-refractivity contribution in [2.24, 2.45) is 0 Å². The minimum atomic E-state index is 0.370. The van der Waals surface area contributed by atoms with Crippen LogP contribution in [0.3, 0.4) is 0 Å². The summed E-state index contributed by atoms with van der Waals surface area (Å²) in [6.45, 7) is 4.20. The molecule has 0 aromatic heterocycles. The zero-order valence-electron chi connectivity index (χ0n) is 8.38. The highest BCUT2D eigenvalue weighted by Crippen LogP contribution is 2.23. The molecule has 1 fully saturated rings. The summed E-state index contributed by atoms with van der Waals surface area (Å²) in [5.74, 6) is 0. The summed E-state index contributed by atoms with van der Waals surface area (Å²) in [5.41, 5.74) is 0. The van der Waals surface area contributed by atoms with E-state index in [-0.39, 0.29) is 0 Å². The molecule has 0 unspecified atom stereocenters. The molecule has 0 aliphatic heterocycles. The molecule has 0 bridgehead atoms. The molecule has 72 valence electrons. The lowest BCUT2D eigenvalue weighted by molar-refractivity contribution is -0.0417. The highest BCUT2D eigenvalue weighted by Gasteiger charge is 2.21. The first-order valence-corrected chi connectivity index (χ1v) is 4.90. The minimum absolute atomic E-state index is 0.370. The SMILES string of the molecule is COC1CCC(OC(C)C)CC1. The normalized spacial score (nSPS) is 31.0. The van der Waals surface area contributed by atoms with Crippen LogP contribution in [-0.2, 0) is 9.47 Å². The molecule has 1 saturated carbocycles. The van der Waals surface area contributed by atoms with Gasteiger partial charge in [-0.25, -0.2) is 0 Å². The van der Waals surface area contributed by atoms with Gasteiger partial charge in [-0.3, -0.25) is 0 Å². The summed E-state index contributed by atoms with van der Waals surface area (Å²) in [6.07, 6.45) is 5.98. The second-order valence-corrected chi connectivity index (χ2v) is 3.82. The van der Waals surface area contributed by atoms with Crippen LogP contribution in [0.5, 0.6) is 0 Å². The van der Waals surface area contributed by atoms with E-state index in [1.807, 2.05) is 0 Å². The Labute approximate surface area is 75.2 Å². The van der Waals surface area contributed by atoms with Gasteiger partial charge in [0.05, 0.1) is 18.3 Å². The Morgan fingerprint density at radius 1 is 1.00 bits per heavy atom. The van der Waals surface area contributed by atoms with Crippen molar-refractivity contribution in [1.29, 1.82) is 0 Å². The fourth-order valence-corrected chi connectivity index (χ4v) is 1.79. The maximum absolute atomic E-state index is 5.73. The second kappa shape index (κ2) is 4.83. The van der Waals surface area contributed by atoms with E-state index >= 15 is 0 Å². The Morgan fingerprint density at radius 2 is 1.50 bits per heavy atom. The molecule has 0 radical (unpaired) electrons. The molecule has 0 aromatic rings. The molecule has 1 aliphatic carbocycles. The molecular formula is C10H20O2. The quantitative estimate of drug-likeness (QED) is 0.650. The Bertz CT molecular complexity index is 115. The van der Waals surface area contributed by atoms with Crippen LogP contribution in [0.1, 0.15) is 39.5 Å². The van der Waals surface area contributed by atoms with Crippen LogP contribution in [0.25, 0.3) is 0 Å². The molecule has 0 spiro atoms.